The Balaban J connectivity index is 2.08. The third-order valence-electron chi connectivity index (χ3n) is 2.26. The molecule has 1 fully saturated rings. The van der Waals surface area contributed by atoms with Gasteiger partial charge in [0.2, 0.25) is 0 Å². The van der Waals surface area contributed by atoms with Crippen LogP contribution in [0.1, 0.15) is 6.92 Å². The zero-order chi connectivity index (χ0) is 9.10. The minimum absolute atomic E-state index is 0.545. The van der Waals surface area contributed by atoms with Crippen LogP contribution in [0.4, 0.5) is 5.82 Å². The van der Waals surface area contributed by atoms with Gasteiger partial charge < -0.3 is 10.2 Å². The second-order valence-corrected chi connectivity index (χ2v) is 3.37. The van der Waals surface area contributed by atoms with Crippen LogP contribution in [0.3, 0.4) is 0 Å². The quantitative estimate of drug-likeness (QED) is 0.670. The Labute approximate surface area is 78.0 Å². The van der Waals surface area contributed by atoms with Crippen LogP contribution < -0.4 is 10.2 Å². The second kappa shape index (κ2) is 3.70. The number of nitrogens with zero attached hydrogens (tertiary/aromatic N) is 3. The van der Waals surface area contributed by atoms with Gasteiger partial charge >= 0.3 is 0 Å². The van der Waals surface area contributed by atoms with Gasteiger partial charge in [0.05, 0.1) is 0 Å². The standard InChI is InChI=1S/C9H14N4/c1-8-6-13(5-4-11-8)9-2-3-10-7-12-9/h2-3,7-8,11H,4-6H2,1H3/t8-/m1/s1. The van der Waals surface area contributed by atoms with Gasteiger partial charge in [-0.2, -0.15) is 0 Å². The van der Waals surface area contributed by atoms with Crippen LogP contribution in [0, 0.1) is 0 Å². The highest BCUT2D eigenvalue weighted by Gasteiger charge is 2.15. The Morgan fingerprint density at radius 3 is 3.23 bits per heavy atom. The average molecular weight is 178 g/mol. The van der Waals surface area contributed by atoms with Crippen LogP contribution in [0.25, 0.3) is 0 Å². The molecule has 1 saturated heterocycles. The maximum absolute atomic E-state index is 4.22. The maximum atomic E-state index is 4.22. The zero-order valence-electron chi connectivity index (χ0n) is 7.77. The largest absolute Gasteiger partial charge is 0.354 e. The highest BCUT2D eigenvalue weighted by molar-refractivity contribution is 5.37. The Morgan fingerprint density at radius 2 is 2.54 bits per heavy atom. The van der Waals surface area contributed by atoms with Crippen molar-refractivity contribution in [2.45, 2.75) is 13.0 Å². The summed E-state index contributed by atoms with van der Waals surface area (Å²) in [5.74, 6) is 1.03. The van der Waals surface area contributed by atoms with E-state index in [9.17, 15) is 0 Å². The molecule has 0 amide bonds. The van der Waals surface area contributed by atoms with Crippen molar-refractivity contribution in [3.05, 3.63) is 18.6 Å². The lowest BCUT2D eigenvalue weighted by atomic mass is 10.2. The summed E-state index contributed by atoms with van der Waals surface area (Å²) in [5.41, 5.74) is 0. The minimum atomic E-state index is 0.545. The molecule has 0 unspecified atom stereocenters. The van der Waals surface area contributed by atoms with Crippen molar-refractivity contribution in [3.8, 4) is 0 Å². The van der Waals surface area contributed by atoms with E-state index in [0.717, 1.165) is 25.5 Å². The SMILES string of the molecule is C[C@@H]1CN(c2ccncn2)CCN1. The molecule has 2 heterocycles. The molecule has 4 nitrogen and oxygen atoms in total. The molecule has 1 atom stereocenters. The molecule has 4 heteroatoms. The van der Waals surface area contributed by atoms with Crippen LogP contribution in [-0.2, 0) is 0 Å². The molecule has 0 bridgehead atoms. The molecule has 13 heavy (non-hydrogen) atoms. The summed E-state index contributed by atoms with van der Waals surface area (Å²) >= 11 is 0. The third kappa shape index (κ3) is 1.95. The van der Waals surface area contributed by atoms with Crippen molar-refractivity contribution in [2.24, 2.45) is 0 Å². The molecule has 1 aliphatic heterocycles. The molecule has 0 spiro atoms. The van der Waals surface area contributed by atoms with Gasteiger partial charge in [-0.1, -0.05) is 0 Å². The summed E-state index contributed by atoms with van der Waals surface area (Å²) in [6.45, 7) is 5.27. The topological polar surface area (TPSA) is 41.1 Å². The highest BCUT2D eigenvalue weighted by atomic mass is 15.2. The summed E-state index contributed by atoms with van der Waals surface area (Å²) in [7, 11) is 0. The van der Waals surface area contributed by atoms with Crippen molar-refractivity contribution in [1.29, 1.82) is 0 Å². The van der Waals surface area contributed by atoms with Crippen molar-refractivity contribution in [1.82, 2.24) is 15.3 Å². The molecule has 0 aliphatic carbocycles. The molecule has 0 aromatic carbocycles. The van der Waals surface area contributed by atoms with Gasteiger partial charge in [-0.05, 0) is 13.0 Å². The number of anilines is 1. The van der Waals surface area contributed by atoms with E-state index >= 15 is 0 Å². The molecule has 1 aromatic heterocycles. The van der Waals surface area contributed by atoms with Crippen molar-refractivity contribution >= 4 is 5.82 Å². The Kier molecular flexibility index (Phi) is 2.40. The van der Waals surface area contributed by atoms with Gasteiger partial charge in [-0.15, -0.1) is 0 Å². The molecule has 0 saturated carbocycles. The van der Waals surface area contributed by atoms with E-state index in [1.54, 1.807) is 12.5 Å². The fourth-order valence-electron chi connectivity index (χ4n) is 1.61. The summed E-state index contributed by atoms with van der Waals surface area (Å²) in [4.78, 5) is 10.4. The van der Waals surface area contributed by atoms with E-state index < -0.39 is 0 Å². The minimum Gasteiger partial charge on any atom is -0.354 e. The fraction of sp³-hybridized carbons (Fsp3) is 0.556. The van der Waals surface area contributed by atoms with E-state index in [-0.39, 0.29) is 0 Å². The van der Waals surface area contributed by atoms with Gasteiger partial charge in [-0.25, -0.2) is 9.97 Å². The number of rotatable bonds is 1. The summed E-state index contributed by atoms with van der Waals surface area (Å²) in [6, 6.07) is 2.50. The van der Waals surface area contributed by atoms with Crippen LogP contribution in [-0.4, -0.2) is 35.6 Å². The van der Waals surface area contributed by atoms with Crippen LogP contribution >= 0.6 is 0 Å². The van der Waals surface area contributed by atoms with Crippen molar-refractivity contribution in [2.75, 3.05) is 24.5 Å². The highest BCUT2D eigenvalue weighted by Crippen LogP contribution is 2.10. The number of hydrogen-bond acceptors (Lipinski definition) is 4. The van der Waals surface area contributed by atoms with E-state index in [2.05, 4.69) is 27.1 Å². The van der Waals surface area contributed by atoms with Gasteiger partial charge in [0.1, 0.15) is 12.1 Å². The molecular formula is C9H14N4. The van der Waals surface area contributed by atoms with Crippen molar-refractivity contribution in [3.63, 3.8) is 0 Å². The molecule has 1 aromatic rings. The maximum Gasteiger partial charge on any atom is 0.131 e. The lowest BCUT2D eigenvalue weighted by Gasteiger charge is -2.32. The van der Waals surface area contributed by atoms with E-state index in [4.69, 9.17) is 0 Å². The van der Waals surface area contributed by atoms with Gasteiger partial charge in [0, 0.05) is 31.9 Å². The van der Waals surface area contributed by atoms with E-state index in [1.807, 2.05) is 6.07 Å². The smallest absolute Gasteiger partial charge is 0.131 e. The Hall–Kier alpha value is -1.16. The molecule has 0 radical (unpaired) electrons. The fourth-order valence-corrected chi connectivity index (χ4v) is 1.61. The molecule has 1 N–H and O–H groups in total. The summed E-state index contributed by atoms with van der Waals surface area (Å²) < 4.78 is 0. The second-order valence-electron chi connectivity index (χ2n) is 3.37. The lowest BCUT2D eigenvalue weighted by Crippen LogP contribution is -2.49. The normalized spacial score (nSPS) is 23.2. The van der Waals surface area contributed by atoms with E-state index in [1.165, 1.54) is 0 Å². The first-order valence-corrected chi connectivity index (χ1v) is 4.60. The molecule has 1 aliphatic rings. The van der Waals surface area contributed by atoms with Crippen molar-refractivity contribution < 1.29 is 0 Å². The number of aromatic nitrogens is 2. The Morgan fingerprint density at radius 1 is 1.62 bits per heavy atom. The summed E-state index contributed by atoms with van der Waals surface area (Å²) in [6.07, 6.45) is 3.39. The predicted octanol–water partition coefficient (Wildman–Crippen LogP) is 0.275. The average Bonchev–Trinajstić information content (AvgIpc) is 2.19. The number of nitrogens with one attached hydrogen (secondary N) is 1. The predicted molar refractivity (Wildman–Crippen MR) is 51.7 cm³/mol. The number of hydrogen-bond donors (Lipinski definition) is 1. The molecule has 2 rings (SSSR count). The van der Waals surface area contributed by atoms with Gasteiger partial charge in [-0.3, -0.25) is 0 Å². The first-order chi connectivity index (χ1) is 6.36. The molecule has 70 valence electrons. The number of piperazine rings is 1. The van der Waals surface area contributed by atoms with Gasteiger partial charge in [0.25, 0.3) is 0 Å². The van der Waals surface area contributed by atoms with Crippen LogP contribution in [0.2, 0.25) is 0 Å². The lowest BCUT2D eigenvalue weighted by molar-refractivity contribution is 0.482. The first-order valence-electron chi connectivity index (χ1n) is 4.60. The Bertz CT molecular complexity index is 262. The first kappa shape index (κ1) is 8.44. The van der Waals surface area contributed by atoms with E-state index in [0.29, 0.717) is 6.04 Å². The van der Waals surface area contributed by atoms with Crippen LogP contribution in [0.5, 0.6) is 0 Å². The van der Waals surface area contributed by atoms with Gasteiger partial charge in [0.15, 0.2) is 0 Å². The monoisotopic (exact) mass is 178 g/mol. The zero-order valence-corrected chi connectivity index (χ0v) is 7.77. The molecular weight excluding hydrogens is 164 g/mol. The summed E-state index contributed by atoms with van der Waals surface area (Å²) in [5, 5.41) is 3.40. The van der Waals surface area contributed by atoms with Crippen LogP contribution in [0.15, 0.2) is 18.6 Å². The third-order valence-corrected chi connectivity index (χ3v) is 2.26.